The van der Waals surface area contributed by atoms with E-state index in [0.29, 0.717) is 0 Å². The molecule has 0 aromatic rings. The van der Waals surface area contributed by atoms with Crippen LogP contribution >= 0.6 is 0 Å². The van der Waals surface area contributed by atoms with Crippen molar-refractivity contribution in [3.05, 3.63) is 6.92 Å². The van der Waals surface area contributed by atoms with Gasteiger partial charge in [0.1, 0.15) is 0 Å². The number of hydrogen-bond acceptors (Lipinski definition) is 0. The van der Waals surface area contributed by atoms with Crippen molar-refractivity contribution in [1.82, 2.24) is 0 Å². The molecule has 0 heterocycles. The van der Waals surface area contributed by atoms with E-state index >= 15 is 0 Å². The topological polar surface area (TPSA) is 0 Å². The summed E-state index contributed by atoms with van der Waals surface area (Å²) in [7, 11) is 0. The van der Waals surface area contributed by atoms with Gasteiger partial charge in [0.25, 0.3) is 0 Å². The first-order chi connectivity index (χ1) is 2.41. The maximum absolute atomic E-state index is 3.68. The van der Waals surface area contributed by atoms with Gasteiger partial charge in [-0.2, -0.15) is 6.42 Å². The maximum Gasteiger partial charge on any atom is 3.00 e. The first-order valence-electron chi connectivity index (χ1n) is 2.21. The molecule has 0 amide bonds. The molecule has 0 N–H and O–H groups in total. The predicted octanol–water partition coefficient (Wildman–Crippen LogP) is 2.01. The molecule has 0 saturated carbocycles. The van der Waals surface area contributed by atoms with Crippen molar-refractivity contribution in [2.24, 2.45) is 0 Å². The Balaban J connectivity index is 0. The van der Waals surface area contributed by atoms with Crippen LogP contribution in [-0.4, -0.2) is 0 Å². The molecular formula is C5H11Y+2. The summed E-state index contributed by atoms with van der Waals surface area (Å²) in [6, 6.07) is 0. The van der Waals surface area contributed by atoms with E-state index in [9.17, 15) is 0 Å². The average molecular weight is 160 g/mol. The second kappa shape index (κ2) is 9.44. The third kappa shape index (κ3) is 8.92. The van der Waals surface area contributed by atoms with Crippen LogP contribution in [0.3, 0.4) is 0 Å². The normalized spacial score (nSPS) is 7.00. The first kappa shape index (κ1) is 10.2. The second-order valence-corrected chi connectivity index (χ2v) is 1.21. The van der Waals surface area contributed by atoms with E-state index in [1.165, 1.54) is 12.8 Å². The smallest absolute Gasteiger partial charge is 0.343 e. The van der Waals surface area contributed by atoms with Crippen molar-refractivity contribution < 1.29 is 32.7 Å². The quantitative estimate of drug-likeness (QED) is 0.542. The van der Waals surface area contributed by atoms with Crippen molar-refractivity contribution in [2.45, 2.75) is 26.2 Å². The summed E-state index contributed by atoms with van der Waals surface area (Å²) < 4.78 is 0. The van der Waals surface area contributed by atoms with Gasteiger partial charge in [0.2, 0.25) is 0 Å². The Hall–Kier alpha value is 1.10. The second-order valence-electron chi connectivity index (χ2n) is 1.21. The van der Waals surface area contributed by atoms with Crippen LogP contribution in [0.5, 0.6) is 0 Å². The molecule has 32 valence electrons. The van der Waals surface area contributed by atoms with Gasteiger partial charge in [0.15, 0.2) is 0 Å². The summed E-state index contributed by atoms with van der Waals surface area (Å²) in [6.45, 7) is 5.85. The summed E-state index contributed by atoms with van der Waals surface area (Å²) in [6.07, 6.45) is 3.65. The van der Waals surface area contributed by atoms with E-state index in [-0.39, 0.29) is 32.7 Å². The largest absolute Gasteiger partial charge is 3.00 e. The Morgan fingerprint density at radius 1 is 1.50 bits per heavy atom. The van der Waals surface area contributed by atoms with Gasteiger partial charge < -0.3 is 6.92 Å². The van der Waals surface area contributed by atoms with Gasteiger partial charge in [-0.3, -0.25) is 0 Å². The molecule has 0 fully saturated rings. The Kier molecular flexibility index (Phi) is 16.0. The predicted molar refractivity (Wildman–Crippen MR) is 24.9 cm³/mol. The van der Waals surface area contributed by atoms with Crippen molar-refractivity contribution in [2.75, 3.05) is 0 Å². The van der Waals surface area contributed by atoms with Gasteiger partial charge in [0.05, 0.1) is 0 Å². The zero-order valence-electron chi connectivity index (χ0n) is 4.41. The third-order valence-electron chi connectivity index (χ3n) is 0.604. The number of unbranched alkanes of at least 4 members (excludes halogenated alkanes) is 2. The Bertz CT molecular complexity index is 11.4. The molecular weight excluding hydrogens is 149 g/mol. The van der Waals surface area contributed by atoms with Gasteiger partial charge in [0, 0.05) is 0 Å². The molecule has 0 bridgehead atoms. The minimum absolute atomic E-state index is 0. The van der Waals surface area contributed by atoms with Crippen LogP contribution in [0.2, 0.25) is 0 Å². The summed E-state index contributed by atoms with van der Waals surface area (Å²) in [4.78, 5) is 0. The molecule has 0 rings (SSSR count). The SMILES string of the molecule is [CH2-]CCCC.[Y+3]. The first-order valence-corrected chi connectivity index (χ1v) is 2.21. The minimum atomic E-state index is 0. The Morgan fingerprint density at radius 2 is 2.00 bits per heavy atom. The molecule has 0 aliphatic rings. The molecule has 0 radical (unpaired) electrons. The summed E-state index contributed by atoms with van der Waals surface area (Å²) in [5, 5.41) is 0. The molecule has 0 aliphatic heterocycles. The summed E-state index contributed by atoms with van der Waals surface area (Å²) >= 11 is 0. The van der Waals surface area contributed by atoms with Gasteiger partial charge >= 0.3 is 32.7 Å². The van der Waals surface area contributed by atoms with E-state index in [0.717, 1.165) is 6.42 Å². The number of hydrogen-bond donors (Lipinski definition) is 0. The van der Waals surface area contributed by atoms with Crippen LogP contribution in [-0.2, 0) is 32.7 Å². The maximum atomic E-state index is 3.68. The third-order valence-corrected chi connectivity index (χ3v) is 0.604. The van der Waals surface area contributed by atoms with E-state index in [2.05, 4.69) is 13.8 Å². The van der Waals surface area contributed by atoms with Gasteiger partial charge in [-0.1, -0.05) is 19.8 Å². The molecule has 0 atom stereocenters. The molecule has 0 nitrogen and oxygen atoms in total. The van der Waals surface area contributed by atoms with Crippen molar-refractivity contribution in [3.63, 3.8) is 0 Å². The molecule has 0 aromatic carbocycles. The molecule has 0 saturated heterocycles. The van der Waals surface area contributed by atoms with Crippen molar-refractivity contribution >= 4 is 0 Å². The van der Waals surface area contributed by atoms with Gasteiger partial charge in [-0.25, -0.2) is 0 Å². The fraction of sp³-hybridized carbons (Fsp3) is 0.800. The fourth-order valence-corrected chi connectivity index (χ4v) is 0.250. The van der Waals surface area contributed by atoms with Crippen LogP contribution in [0.25, 0.3) is 0 Å². The Labute approximate surface area is 65.6 Å². The fourth-order valence-electron chi connectivity index (χ4n) is 0.250. The molecule has 0 aliphatic carbocycles. The van der Waals surface area contributed by atoms with Crippen LogP contribution in [0.4, 0.5) is 0 Å². The van der Waals surface area contributed by atoms with Crippen molar-refractivity contribution in [3.8, 4) is 0 Å². The van der Waals surface area contributed by atoms with Crippen LogP contribution < -0.4 is 0 Å². The molecule has 0 unspecified atom stereocenters. The van der Waals surface area contributed by atoms with E-state index in [1.807, 2.05) is 0 Å². The molecule has 0 aromatic heterocycles. The summed E-state index contributed by atoms with van der Waals surface area (Å²) in [5.74, 6) is 0. The van der Waals surface area contributed by atoms with E-state index in [4.69, 9.17) is 0 Å². The van der Waals surface area contributed by atoms with Gasteiger partial charge in [-0.05, 0) is 0 Å². The molecule has 0 spiro atoms. The zero-order chi connectivity index (χ0) is 4.12. The van der Waals surface area contributed by atoms with E-state index in [1.54, 1.807) is 0 Å². The average Bonchev–Trinajstić information content (AvgIpc) is 1.41. The van der Waals surface area contributed by atoms with Crippen molar-refractivity contribution in [1.29, 1.82) is 0 Å². The van der Waals surface area contributed by atoms with Crippen LogP contribution in [0.15, 0.2) is 0 Å². The van der Waals surface area contributed by atoms with Crippen LogP contribution in [0, 0.1) is 6.92 Å². The monoisotopic (exact) mass is 160 g/mol. The van der Waals surface area contributed by atoms with E-state index < -0.39 is 0 Å². The minimum Gasteiger partial charge on any atom is -0.343 e. The van der Waals surface area contributed by atoms with Crippen LogP contribution in [0.1, 0.15) is 26.2 Å². The Morgan fingerprint density at radius 3 is 2.00 bits per heavy atom. The zero-order valence-corrected chi connectivity index (χ0v) is 7.24. The number of rotatable bonds is 2. The molecule has 6 heavy (non-hydrogen) atoms. The molecule has 1 heteroatoms. The standard InChI is InChI=1S/C5H11.Y/c1-3-5-4-2;/h1,3-5H2,2H3;/q-1;+3. The summed E-state index contributed by atoms with van der Waals surface area (Å²) in [5.41, 5.74) is 0. The van der Waals surface area contributed by atoms with Gasteiger partial charge in [-0.15, -0.1) is 0 Å².